The summed E-state index contributed by atoms with van der Waals surface area (Å²) in [5.74, 6) is 0.790. The molecule has 2 saturated heterocycles. The molecule has 3 heterocycles. The zero-order chi connectivity index (χ0) is 22.7. The number of likely N-dealkylation sites (tertiary alicyclic amines) is 1. The Morgan fingerprint density at radius 2 is 1.94 bits per heavy atom. The Balaban J connectivity index is 1.32. The summed E-state index contributed by atoms with van der Waals surface area (Å²) >= 11 is 0. The molecule has 0 unspecified atom stereocenters. The molecule has 3 aliphatic rings. The van der Waals surface area contributed by atoms with Gasteiger partial charge in [0, 0.05) is 35.5 Å². The lowest BCUT2D eigenvalue weighted by Crippen LogP contribution is -2.48. The Morgan fingerprint density at radius 3 is 2.67 bits per heavy atom. The van der Waals surface area contributed by atoms with E-state index in [0.29, 0.717) is 24.7 Å². The van der Waals surface area contributed by atoms with E-state index in [0.717, 1.165) is 52.5 Å². The molecule has 0 spiro atoms. The molecule has 8 nitrogen and oxygen atoms in total. The molecule has 2 N–H and O–H groups in total. The summed E-state index contributed by atoms with van der Waals surface area (Å²) in [6.45, 7) is 3.20. The van der Waals surface area contributed by atoms with Crippen LogP contribution >= 0.6 is 0 Å². The maximum atomic E-state index is 12.5. The van der Waals surface area contributed by atoms with E-state index in [-0.39, 0.29) is 18.0 Å². The SMILES string of the molecule is Cc1ccc(C(=O)NC2CC2)cc1-c1ccc2c(N3C[C@@H]4C[C@H]3CN4C(=O)O)nncc2c1. The van der Waals surface area contributed by atoms with Crippen molar-refractivity contribution in [3.8, 4) is 11.1 Å². The number of rotatable bonds is 4. The van der Waals surface area contributed by atoms with Gasteiger partial charge in [0.05, 0.1) is 18.3 Å². The number of aromatic nitrogens is 2. The van der Waals surface area contributed by atoms with Crippen LogP contribution in [0, 0.1) is 6.92 Å². The molecule has 2 bridgehead atoms. The molecule has 0 radical (unpaired) electrons. The maximum absolute atomic E-state index is 12.5. The summed E-state index contributed by atoms with van der Waals surface area (Å²) in [5.41, 5.74) is 3.83. The molecule has 3 fully saturated rings. The van der Waals surface area contributed by atoms with Crippen molar-refractivity contribution in [2.45, 2.75) is 44.3 Å². The van der Waals surface area contributed by atoms with Gasteiger partial charge in [0.25, 0.3) is 5.91 Å². The zero-order valence-corrected chi connectivity index (χ0v) is 18.4. The van der Waals surface area contributed by atoms with E-state index in [4.69, 9.17) is 0 Å². The Bertz CT molecular complexity index is 1290. The average molecular weight is 444 g/mol. The van der Waals surface area contributed by atoms with Crippen LogP contribution in [0.4, 0.5) is 10.6 Å². The summed E-state index contributed by atoms with van der Waals surface area (Å²) in [6.07, 6.45) is 3.87. The van der Waals surface area contributed by atoms with Crippen molar-refractivity contribution in [2.75, 3.05) is 18.0 Å². The van der Waals surface area contributed by atoms with Gasteiger partial charge in [-0.25, -0.2) is 4.79 Å². The molecule has 3 aromatic rings. The highest BCUT2D eigenvalue weighted by molar-refractivity contribution is 5.98. The third kappa shape index (κ3) is 3.46. The standard InChI is InChI=1S/C25H25N5O3/c1-14-2-3-16(24(31)27-18-5-6-18)9-22(14)15-4-7-21-17(8-15)11-26-28-23(21)29-12-20-10-19(29)13-30(20)25(32)33/h2-4,7-9,11,18-20H,5-6,10,12-13H2,1H3,(H,27,31)(H,32,33)/t19-,20-/m0/s1. The predicted molar refractivity (Wildman–Crippen MR) is 124 cm³/mol. The van der Waals surface area contributed by atoms with Crippen molar-refractivity contribution in [2.24, 2.45) is 0 Å². The summed E-state index contributed by atoms with van der Waals surface area (Å²) in [5, 5.41) is 23.1. The molecule has 2 aromatic carbocycles. The van der Waals surface area contributed by atoms with Gasteiger partial charge in [0.15, 0.2) is 5.82 Å². The summed E-state index contributed by atoms with van der Waals surface area (Å²) in [6, 6.07) is 12.5. The first-order valence-electron chi connectivity index (χ1n) is 11.4. The van der Waals surface area contributed by atoms with E-state index in [1.807, 2.05) is 25.1 Å². The molecule has 33 heavy (non-hydrogen) atoms. The highest BCUT2D eigenvalue weighted by Gasteiger charge is 2.46. The minimum absolute atomic E-state index is 0.0102. The van der Waals surface area contributed by atoms with Crippen LogP contribution in [0.25, 0.3) is 21.9 Å². The van der Waals surface area contributed by atoms with Crippen LogP contribution in [0.3, 0.4) is 0 Å². The van der Waals surface area contributed by atoms with Gasteiger partial charge in [-0.1, -0.05) is 12.1 Å². The second-order valence-electron chi connectivity index (χ2n) is 9.38. The van der Waals surface area contributed by atoms with Gasteiger partial charge in [-0.2, -0.15) is 5.10 Å². The molecule has 1 saturated carbocycles. The van der Waals surface area contributed by atoms with Crippen molar-refractivity contribution in [3.05, 3.63) is 53.7 Å². The summed E-state index contributed by atoms with van der Waals surface area (Å²) in [7, 11) is 0. The molecule has 1 aromatic heterocycles. The van der Waals surface area contributed by atoms with Crippen LogP contribution in [0.15, 0.2) is 42.6 Å². The number of aryl methyl sites for hydroxylation is 1. The first kappa shape index (κ1) is 20.0. The van der Waals surface area contributed by atoms with Crippen molar-refractivity contribution in [1.29, 1.82) is 0 Å². The Morgan fingerprint density at radius 1 is 1.09 bits per heavy atom. The van der Waals surface area contributed by atoms with E-state index >= 15 is 0 Å². The lowest BCUT2D eigenvalue weighted by Gasteiger charge is -2.33. The molecular weight excluding hydrogens is 418 g/mol. The first-order valence-corrected chi connectivity index (χ1v) is 11.4. The van der Waals surface area contributed by atoms with Crippen molar-refractivity contribution >= 4 is 28.6 Å². The number of nitrogens with one attached hydrogen (secondary N) is 1. The lowest BCUT2D eigenvalue weighted by molar-refractivity contribution is 0.0951. The van der Waals surface area contributed by atoms with Crippen LogP contribution < -0.4 is 10.2 Å². The van der Waals surface area contributed by atoms with Crippen LogP contribution in [0.2, 0.25) is 0 Å². The number of nitrogens with zero attached hydrogens (tertiary/aromatic N) is 4. The van der Waals surface area contributed by atoms with Crippen LogP contribution in [-0.2, 0) is 0 Å². The van der Waals surface area contributed by atoms with Crippen LogP contribution in [-0.4, -0.2) is 63.4 Å². The van der Waals surface area contributed by atoms with E-state index in [2.05, 4.69) is 38.6 Å². The van der Waals surface area contributed by atoms with E-state index in [9.17, 15) is 14.7 Å². The van der Waals surface area contributed by atoms with Gasteiger partial charge in [0.1, 0.15) is 0 Å². The minimum atomic E-state index is -0.848. The van der Waals surface area contributed by atoms with Gasteiger partial charge in [-0.15, -0.1) is 5.10 Å². The topological polar surface area (TPSA) is 98.7 Å². The number of carboxylic acid groups (broad SMARTS) is 1. The Kier molecular flexibility index (Phi) is 4.50. The van der Waals surface area contributed by atoms with E-state index < -0.39 is 6.09 Å². The first-order chi connectivity index (χ1) is 16.0. The molecular formula is C25H25N5O3. The number of hydrogen-bond donors (Lipinski definition) is 2. The molecule has 6 rings (SSSR count). The Labute approximate surface area is 191 Å². The number of carbonyl (C=O) groups is 2. The Hall–Kier alpha value is -3.68. The van der Waals surface area contributed by atoms with Gasteiger partial charge < -0.3 is 20.2 Å². The molecule has 1 aliphatic carbocycles. The fourth-order valence-corrected chi connectivity index (χ4v) is 5.18. The second kappa shape index (κ2) is 7.43. The van der Waals surface area contributed by atoms with E-state index in [1.54, 1.807) is 6.20 Å². The smallest absolute Gasteiger partial charge is 0.407 e. The third-order valence-electron chi connectivity index (χ3n) is 7.12. The van der Waals surface area contributed by atoms with Crippen molar-refractivity contribution in [3.63, 3.8) is 0 Å². The second-order valence-corrected chi connectivity index (χ2v) is 9.38. The number of benzene rings is 2. The van der Waals surface area contributed by atoms with Gasteiger partial charge in [-0.05, 0) is 67.1 Å². The largest absolute Gasteiger partial charge is 0.465 e. The normalized spacial score (nSPS) is 21.6. The van der Waals surface area contributed by atoms with Crippen LogP contribution in [0.5, 0.6) is 0 Å². The number of hydrogen-bond acceptors (Lipinski definition) is 5. The molecule has 2 amide bonds. The number of carbonyl (C=O) groups excluding carboxylic acids is 1. The highest BCUT2D eigenvalue weighted by Crippen LogP contribution is 2.37. The average Bonchev–Trinajstić information content (AvgIpc) is 3.39. The van der Waals surface area contributed by atoms with Gasteiger partial charge in [-0.3, -0.25) is 4.79 Å². The summed E-state index contributed by atoms with van der Waals surface area (Å²) < 4.78 is 0. The van der Waals surface area contributed by atoms with Gasteiger partial charge >= 0.3 is 6.09 Å². The predicted octanol–water partition coefficient (Wildman–Crippen LogP) is 3.44. The lowest BCUT2D eigenvalue weighted by atomic mass is 9.96. The molecule has 2 atom stereocenters. The maximum Gasteiger partial charge on any atom is 0.407 e. The fourth-order valence-electron chi connectivity index (χ4n) is 5.18. The number of anilines is 1. The monoisotopic (exact) mass is 443 g/mol. The molecule has 168 valence electrons. The number of piperazine rings is 1. The van der Waals surface area contributed by atoms with E-state index in [1.165, 1.54) is 4.90 Å². The molecule has 2 aliphatic heterocycles. The van der Waals surface area contributed by atoms with Crippen LogP contribution in [0.1, 0.15) is 35.2 Å². The fraction of sp³-hybridized carbons (Fsp3) is 0.360. The highest BCUT2D eigenvalue weighted by atomic mass is 16.4. The van der Waals surface area contributed by atoms with Crippen molar-refractivity contribution in [1.82, 2.24) is 20.4 Å². The third-order valence-corrected chi connectivity index (χ3v) is 7.12. The quantitative estimate of drug-likeness (QED) is 0.641. The summed E-state index contributed by atoms with van der Waals surface area (Å²) in [4.78, 5) is 27.7. The van der Waals surface area contributed by atoms with Crippen molar-refractivity contribution < 1.29 is 14.7 Å². The van der Waals surface area contributed by atoms with Gasteiger partial charge in [0.2, 0.25) is 0 Å². The number of fused-ring (bicyclic) bond motifs is 3. The minimum Gasteiger partial charge on any atom is -0.465 e. The molecule has 8 heteroatoms. The number of amides is 2. The zero-order valence-electron chi connectivity index (χ0n) is 18.4.